The minimum Gasteiger partial charge on any atom is -0.392 e. The topological polar surface area (TPSA) is 58.9 Å². The van der Waals surface area contributed by atoms with E-state index in [4.69, 9.17) is 9.47 Å². The van der Waals surface area contributed by atoms with Gasteiger partial charge in [0.2, 0.25) is 0 Å². The lowest BCUT2D eigenvalue weighted by molar-refractivity contribution is -0.0360. The van der Waals surface area contributed by atoms with E-state index in [9.17, 15) is 10.2 Å². The first-order valence-corrected chi connectivity index (χ1v) is 10.1. The maximum Gasteiger partial charge on any atom is 0.112 e. The molecular weight excluding hydrogens is 328 g/mol. The molecule has 0 saturated heterocycles. The van der Waals surface area contributed by atoms with Gasteiger partial charge in [-0.15, -0.1) is 0 Å². The molecule has 3 aliphatic rings. The van der Waals surface area contributed by atoms with E-state index in [0.717, 1.165) is 12.8 Å². The zero-order valence-corrected chi connectivity index (χ0v) is 17.2. The summed E-state index contributed by atoms with van der Waals surface area (Å²) in [4.78, 5) is 0. The van der Waals surface area contributed by atoms with Gasteiger partial charge < -0.3 is 19.7 Å². The summed E-state index contributed by atoms with van der Waals surface area (Å²) >= 11 is 0. The predicted molar refractivity (Wildman–Crippen MR) is 103 cm³/mol. The fourth-order valence-electron chi connectivity index (χ4n) is 5.67. The zero-order valence-electron chi connectivity index (χ0n) is 17.2. The number of hydrogen-bond donors (Lipinski definition) is 2. The van der Waals surface area contributed by atoms with Crippen LogP contribution in [-0.4, -0.2) is 48.8 Å². The lowest BCUT2D eigenvalue weighted by atomic mass is 9.68. The standard InChI is InChI=1S/C22H36O4/c1-13(2)16-9-20(24)21(4)11-18-15(14(3)19(23)10-17(16)21)7-8-22(18,26-6)12-25-5/h11,13-15,19-20,23-24H,7-10,12H2,1-6H3. The van der Waals surface area contributed by atoms with E-state index in [1.54, 1.807) is 14.2 Å². The molecule has 0 aromatic heterocycles. The molecule has 0 aromatic carbocycles. The summed E-state index contributed by atoms with van der Waals surface area (Å²) in [5, 5.41) is 22.1. The van der Waals surface area contributed by atoms with Crippen LogP contribution >= 0.6 is 0 Å². The molecule has 2 N–H and O–H groups in total. The Kier molecular flexibility index (Phi) is 5.44. The quantitative estimate of drug-likeness (QED) is 0.750. The molecule has 26 heavy (non-hydrogen) atoms. The van der Waals surface area contributed by atoms with Gasteiger partial charge in [-0.25, -0.2) is 0 Å². The Morgan fingerprint density at radius 1 is 1.23 bits per heavy atom. The van der Waals surface area contributed by atoms with Gasteiger partial charge in [-0.05, 0) is 55.9 Å². The fraction of sp³-hybridized carbons (Fsp3) is 0.818. The Morgan fingerprint density at radius 2 is 1.92 bits per heavy atom. The van der Waals surface area contributed by atoms with Crippen LogP contribution < -0.4 is 0 Å². The van der Waals surface area contributed by atoms with Crippen molar-refractivity contribution in [3.05, 3.63) is 22.8 Å². The number of hydrogen-bond acceptors (Lipinski definition) is 4. The molecule has 1 fully saturated rings. The molecule has 0 bridgehead atoms. The summed E-state index contributed by atoms with van der Waals surface area (Å²) < 4.78 is 11.5. The summed E-state index contributed by atoms with van der Waals surface area (Å²) in [6.45, 7) is 9.18. The van der Waals surface area contributed by atoms with Crippen LogP contribution in [0.2, 0.25) is 0 Å². The largest absolute Gasteiger partial charge is 0.392 e. The van der Waals surface area contributed by atoms with Gasteiger partial charge in [-0.1, -0.05) is 38.0 Å². The monoisotopic (exact) mass is 364 g/mol. The summed E-state index contributed by atoms with van der Waals surface area (Å²) in [7, 11) is 3.47. The van der Waals surface area contributed by atoms with Gasteiger partial charge in [-0.3, -0.25) is 0 Å². The highest BCUT2D eigenvalue weighted by Gasteiger charge is 2.53. The molecule has 1 saturated carbocycles. The van der Waals surface area contributed by atoms with Crippen LogP contribution in [0.15, 0.2) is 22.8 Å². The number of aliphatic hydroxyl groups excluding tert-OH is 2. The van der Waals surface area contributed by atoms with Gasteiger partial charge in [0.15, 0.2) is 0 Å². The molecule has 0 heterocycles. The summed E-state index contributed by atoms with van der Waals surface area (Å²) in [6.07, 6.45) is 4.70. The number of methoxy groups -OCH3 is 2. The number of rotatable bonds is 4. The summed E-state index contributed by atoms with van der Waals surface area (Å²) in [6, 6.07) is 0. The van der Waals surface area contributed by atoms with E-state index >= 15 is 0 Å². The summed E-state index contributed by atoms with van der Waals surface area (Å²) in [5.74, 6) is 0.819. The highest BCUT2D eigenvalue weighted by Crippen LogP contribution is 2.56. The molecule has 3 rings (SSSR count). The second-order valence-electron chi connectivity index (χ2n) is 9.17. The van der Waals surface area contributed by atoms with Crippen molar-refractivity contribution in [2.75, 3.05) is 20.8 Å². The van der Waals surface area contributed by atoms with Crippen LogP contribution in [0.1, 0.15) is 53.4 Å². The number of ether oxygens (including phenoxy) is 2. The van der Waals surface area contributed by atoms with Gasteiger partial charge >= 0.3 is 0 Å². The second-order valence-corrected chi connectivity index (χ2v) is 9.17. The van der Waals surface area contributed by atoms with Gasteiger partial charge in [-0.2, -0.15) is 0 Å². The van der Waals surface area contributed by atoms with Crippen molar-refractivity contribution >= 4 is 0 Å². The molecule has 0 radical (unpaired) electrons. The Labute approximate surface area is 158 Å². The van der Waals surface area contributed by atoms with E-state index in [2.05, 4.69) is 33.8 Å². The second kappa shape index (κ2) is 7.05. The van der Waals surface area contributed by atoms with Crippen molar-refractivity contribution in [2.24, 2.45) is 23.2 Å². The highest BCUT2D eigenvalue weighted by molar-refractivity contribution is 5.42. The van der Waals surface area contributed by atoms with Crippen LogP contribution in [0.3, 0.4) is 0 Å². The predicted octanol–water partition coefficient (Wildman–Crippen LogP) is 3.48. The normalized spacial score (nSPS) is 43.2. The first-order valence-electron chi connectivity index (χ1n) is 10.1. The van der Waals surface area contributed by atoms with Crippen molar-refractivity contribution in [3.63, 3.8) is 0 Å². The Bertz CT molecular complexity index is 607. The van der Waals surface area contributed by atoms with E-state index in [-0.39, 0.29) is 11.8 Å². The average Bonchev–Trinajstić information content (AvgIpc) is 3.05. The molecule has 6 atom stereocenters. The van der Waals surface area contributed by atoms with E-state index < -0.39 is 23.2 Å². The lowest BCUT2D eigenvalue weighted by Gasteiger charge is -2.40. The number of aliphatic hydroxyl groups is 2. The summed E-state index contributed by atoms with van der Waals surface area (Å²) in [5.41, 5.74) is 2.89. The Hall–Kier alpha value is -0.680. The van der Waals surface area contributed by atoms with E-state index in [1.165, 1.54) is 16.7 Å². The van der Waals surface area contributed by atoms with Crippen molar-refractivity contribution in [3.8, 4) is 0 Å². The third-order valence-electron chi connectivity index (χ3n) is 7.50. The van der Waals surface area contributed by atoms with Gasteiger partial charge in [0, 0.05) is 19.6 Å². The van der Waals surface area contributed by atoms with Crippen LogP contribution in [-0.2, 0) is 9.47 Å². The minimum atomic E-state index is -0.445. The van der Waals surface area contributed by atoms with Crippen LogP contribution in [0.4, 0.5) is 0 Å². The average molecular weight is 365 g/mol. The molecule has 4 nitrogen and oxygen atoms in total. The van der Waals surface area contributed by atoms with E-state index in [1.807, 2.05) is 0 Å². The van der Waals surface area contributed by atoms with Gasteiger partial charge in [0.25, 0.3) is 0 Å². The van der Waals surface area contributed by atoms with Crippen molar-refractivity contribution < 1.29 is 19.7 Å². The highest BCUT2D eigenvalue weighted by atomic mass is 16.5. The SMILES string of the molecule is COCC1(OC)CCC2C1=CC1(C)C(=C(C(C)C)CC1O)CC(O)C2C. The zero-order chi connectivity index (χ0) is 19.3. The third-order valence-corrected chi connectivity index (χ3v) is 7.50. The Morgan fingerprint density at radius 3 is 2.50 bits per heavy atom. The maximum absolute atomic E-state index is 11.0. The van der Waals surface area contributed by atoms with Crippen molar-refractivity contribution in [1.82, 2.24) is 0 Å². The number of fused-ring (bicyclic) bond motifs is 2. The first-order chi connectivity index (χ1) is 12.2. The molecule has 0 aromatic rings. The molecule has 148 valence electrons. The molecule has 4 heteroatoms. The Balaban J connectivity index is 2.19. The van der Waals surface area contributed by atoms with Crippen molar-refractivity contribution in [2.45, 2.75) is 71.2 Å². The van der Waals surface area contributed by atoms with Crippen LogP contribution in [0.25, 0.3) is 0 Å². The third kappa shape index (κ3) is 2.90. The smallest absolute Gasteiger partial charge is 0.112 e. The lowest BCUT2D eigenvalue weighted by Crippen LogP contribution is -2.41. The molecule has 6 unspecified atom stereocenters. The molecule has 3 aliphatic carbocycles. The van der Waals surface area contributed by atoms with Crippen molar-refractivity contribution in [1.29, 1.82) is 0 Å². The molecular formula is C22H36O4. The van der Waals surface area contributed by atoms with Crippen LogP contribution in [0.5, 0.6) is 0 Å². The van der Waals surface area contributed by atoms with Gasteiger partial charge in [0.05, 0.1) is 18.8 Å². The molecule has 0 amide bonds. The maximum atomic E-state index is 11.0. The van der Waals surface area contributed by atoms with E-state index in [0.29, 0.717) is 25.4 Å². The fourth-order valence-corrected chi connectivity index (χ4v) is 5.67. The van der Waals surface area contributed by atoms with Crippen LogP contribution in [0, 0.1) is 23.2 Å². The molecule has 0 spiro atoms. The minimum absolute atomic E-state index is 0.165. The molecule has 0 aliphatic heterocycles. The first kappa shape index (κ1) is 20.1. The van der Waals surface area contributed by atoms with Gasteiger partial charge in [0.1, 0.15) is 5.60 Å².